The Kier molecular flexibility index (Phi) is 6.45. The number of rotatable bonds is 7. The maximum Gasteiger partial charge on any atom is 0.425 e. The number of halogens is 4. The second-order valence-corrected chi connectivity index (χ2v) is 7.95. The van der Waals surface area contributed by atoms with Gasteiger partial charge in [-0.25, -0.2) is 9.99 Å². The maximum absolute atomic E-state index is 13.4. The standard InChI is InChI=1S/C21H22ClF3N6O3/c1-4-30-11-31(27-17(30)10-32)14-7-13-5-6-26-20(34-16-9-29(3)28-19(16)22)18(13)15(8-14)33-12(2)21(23,24)25/h5-9,12,32H,4,10-11H2,1-3H3/t12-/m0/s1. The molecule has 13 heteroatoms. The number of amidine groups is 1. The van der Waals surface area contributed by atoms with Crippen LogP contribution >= 0.6 is 11.6 Å². The third-order valence-corrected chi connectivity index (χ3v) is 5.49. The first-order valence-electron chi connectivity index (χ1n) is 10.3. The fourth-order valence-corrected chi connectivity index (χ4v) is 3.66. The van der Waals surface area contributed by atoms with Crippen LogP contribution in [0, 0.1) is 0 Å². The van der Waals surface area contributed by atoms with E-state index in [1.54, 1.807) is 24.2 Å². The molecule has 0 saturated carbocycles. The first-order valence-corrected chi connectivity index (χ1v) is 10.7. The molecule has 3 heterocycles. The molecule has 0 amide bonds. The van der Waals surface area contributed by atoms with Crippen LogP contribution in [-0.2, 0) is 7.05 Å². The summed E-state index contributed by atoms with van der Waals surface area (Å²) in [7, 11) is 1.65. The summed E-state index contributed by atoms with van der Waals surface area (Å²) in [6, 6.07) is 4.81. The van der Waals surface area contributed by atoms with Crippen LogP contribution < -0.4 is 14.5 Å². The number of pyridine rings is 1. The Bertz CT molecular complexity index is 1230. The number of ether oxygens (including phenoxy) is 2. The van der Waals surface area contributed by atoms with Crippen LogP contribution in [0.4, 0.5) is 18.9 Å². The smallest absolute Gasteiger partial charge is 0.425 e. The summed E-state index contributed by atoms with van der Waals surface area (Å²) in [5.74, 6) is 0.577. The van der Waals surface area contributed by atoms with Crippen molar-refractivity contribution in [2.45, 2.75) is 26.1 Å². The van der Waals surface area contributed by atoms with Crippen molar-refractivity contribution in [3.8, 4) is 17.4 Å². The molecule has 0 radical (unpaired) electrons. The van der Waals surface area contributed by atoms with Crippen molar-refractivity contribution in [3.05, 3.63) is 35.7 Å². The van der Waals surface area contributed by atoms with Gasteiger partial charge in [0.2, 0.25) is 5.88 Å². The van der Waals surface area contributed by atoms with E-state index in [0.29, 0.717) is 30.1 Å². The van der Waals surface area contributed by atoms with Crippen LogP contribution in [0.2, 0.25) is 5.15 Å². The fourth-order valence-electron chi connectivity index (χ4n) is 3.45. The third-order valence-electron chi connectivity index (χ3n) is 5.23. The summed E-state index contributed by atoms with van der Waals surface area (Å²) in [4.78, 5) is 6.04. The van der Waals surface area contributed by atoms with E-state index in [9.17, 15) is 18.3 Å². The molecule has 9 nitrogen and oxygen atoms in total. The normalized spacial score (nSPS) is 15.1. The Hall–Kier alpha value is -3.25. The number of aliphatic hydroxyl groups excluding tert-OH is 1. The maximum atomic E-state index is 13.4. The van der Waals surface area contributed by atoms with E-state index >= 15 is 0 Å². The molecule has 1 aromatic carbocycles. The zero-order chi connectivity index (χ0) is 24.6. The molecule has 2 aromatic heterocycles. The third kappa shape index (κ3) is 4.68. The summed E-state index contributed by atoms with van der Waals surface area (Å²) in [6.07, 6.45) is -3.70. The monoisotopic (exact) mass is 498 g/mol. The van der Waals surface area contributed by atoms with E-state index in [-0.39, 0.29) is 34.5 Å². The summed E-state index contributed by atoms with van der Waals surface area (Å²) < 4.78 is 52.7. The highest BCUT2D eigenvalue weighted by molar-refractivity contribution is 6.30. The molecule has 1 aliphatic rings. The molecule has 0 unspecified atom stereocenters. The quantitative estimate of drug-likeness (QED) is 0.523. The van der Waals surface area contributed by atoms with Crippen LogP contribution in [0.15, 0.2) is 35.7 Å². The number of hydrazone groups is 1. The highest BCUT2D eigenvalue weighted by atomic mass is 35.5. The van der Waals surface area contributed by atoms with Gasteiger partial charge < -0.3 is 19.5 Å². The van der Waals surface area contributed by atoms with Gasteiger partial charge in [-0.2, -0.15) is 23.4 Å². The van der Waals surface area contributed by atoms with Gasteiger partial charge in [-0.3, -0.25) is 4.68 Å². The van der Waals surface area contributed by atoms with E-state index in [1.165, 1.54) is 23.1 Å². The van der Waals surface area contributed by atoms with Gasteiger partial charge >= 0.3 is 6.18 Å². The largest absolute Gasteiger partial charge is 0.480 e. The molecule has 0 bridgehead atoms. The van der Waals surface area contributed by atoms with Crippen LogP contribution in [0.1, 0.15) is 13.8 Å². The van der Waals surface area contributed by atoms with Gasteiger partial charge in [-0.15, -0.1) is 0 Å². The topological polar surface area (TPSA) is 88.2 Å². The summed E-state index contributed by atoms with van der Waals surface area (Å²) in [5.41, 5.74) is 0.482. The number of aromatic nitrogens is 3. The van der Waals surface area contributed by atoms with Crippen molar-refractivity contribution in [1.82, 2.24) is 19.7 Å². The molecule has 1 atom stereocenters. The fraction of sp³-hybridized carbons (Fsp3) is 0.381. The first-order chi connectivity index (χ1) is 16.1. The zero-order valence-corrected chi connectivity index (χ0v) is 19.3. The van der Waals surface area contributed by atoms with E-state index in [2.05, 4.69) is 15.2 Å². The Morgan fingerprint density at radius 2 is 2.03 bits per heavy atom. The van der Waals surface area contributed by atoms with Crippen molar-refractivity contribution in [3.63, 3.8) is 0 Å². The van der Waals surface area contributed by atoms with E-state index in [0.717, 1.165) is 6.92 Å². The number of aliphatic hydroxyl groups is 1. The molecular formula is C21H22ClF3N6O3. The number of hydrogen-bond acceptors (Lipinski definition) is 8. The minimum atomic E-state index is -4.59. The predicted molar refractivity (Wildman–Crippen MR) is 120 cm³/mol. The van der Waals surface area contributed by atoms with Gasteiger partial charge in [-0.05, 0) is 31.4 Å². The van der Waals surface area contributed by atoms with Gasteiger partial charge in [0.25, 0.3) is 0 Å². The predicted octanol–water partition coefficient (Wildman–Crippen LogP) is 4.15. The van der Waals surface area contributed by atoms with E-state index in [4.69, 9.17) is 21.1 Å². The number of nitrogens with zero attached hydrogens (tertiary/aromatic N) is 6. The number of benzene rings is 1. The van der Waals surface area contributed by atoms with Crippen LogP contribution in [-0.4, -0.2) is 62.7 Å². The van der Waals surface area contributed by atoms with Crippen LogP contribution in [0.25, 0.3) is 10.8 Å². The lowest BCUT2D eigenvalue weighted by molar-refractivity contribution is -0.189. The molecule has 0 saturated heterocycles. The number of alkyl halides is 3. The summed E-state index contributed by atoms with van der Waals surface area (Å²) in [5, 5.41) is 20.4. The molecule has 0 spiro atoms. The lowest BCUT2D eigenvalue weighted by Gasteiger charge is -2.23. The van der Waals surface area contributed by atoms with Crippen molar-refractivity contribution in [2.24, 2.45) is 12.1 Å². The minimum Gasteiger partial charge on any atom is -0.480 e. The molecule has 0 fully saturated rings. The number of aryl methyl sites for hydroxylation is 1. The molecule has 1 aliphatic heterocycles. The van der Waals surface area contributed by atoms with Crippen molar-refractivity contribution < 1.29 is 27.8 Å². The first kappa shape index (κ1) is 23.9. The Labute approximate surface area is 197 Å². The van der Waals surface area contributed by atoms with Gasteiger partial charge in [-0.1, -0.05) is 11.6 Å². The Morgan fingerprint density at radius 3 is 2.62 bits per heavy atom. The minimum absolute atomic E-state index is 0.0134. The summed E-state index contributed by atoms with van der Waals surface area (Å²) >= 11 is 6.09. The molecule has 0 aliphatic carbocycles. The number of fused-ring (bicyclic) bond motifs is 1. The zero-order valence-electron chi connectivity index (χ0n) is 18.5. The van der Waals surface area contributed by atoms with Gasteiger partial charge in [0, 0.05) is 25.9 Å². The van der Waals surface area contributed by atoms with E-state index < -0.39 is 12.3 Å². The SMILES string of the molecule is CCN1CN(c2cc(O[C@@H](C)C(F)(F)F)c3c(Oc4cn(C)nc4Cl)nccc3c2)N=C1CO. The highest BCUT2D eigenvalue weighted by Gasteiger charge is 2.38. The Morgan fingerprint density at radius 1 is 1.26 bits per heavy atom. The van der Waals surface area contributed by atoms with E-state index in [1.807, 2.05) is 11.8 Å². The van der Waals surface area contributed by atoms with Gasteiger partial charge in [0.1, 0.15) is 19.0 Å². The molecule has 3 aromatic rings. The molecule has 4 rings (SSSR count). The van der Waals surface area contributed by atoms with Crippen LogP contribution in [0.5, 0.6) is 17.4 Å². The lowest BCUT2D eigenvalue weighted by Crippen LogP contribution is -2.32. The van der Waals surface area contributed by atoms with Crippen molar-refractivity contribution in [2.75, 3.05) is 24.8 Å². The summed E-state index contributed by atoms with van der Waals surface area (Å²) in [6.45, 7) is 3.50. The second kappa shape index (κ2) is 9.18. The second-order valence-electron chi connectivity index (χ2n) is 7.59. The van der Waals surface area contributed by atoms with Crippen molar-refractivity contribution >= 4 is 33.9 Å². The molecule has 182 valence electrons. The number of likely N-dealkylation sites (N-methyl/N-ethyl adjacent to an activating group) is 1. The average molecular weight is 499 g/mol. The molecule has 1 N–H and O–H groups in total. The lowest BCUT2D eigenvalue weighted by atomic mass is 10.1. The average Bonchev–Trinajstić information content (AvgIpc) is 3.34. The molecular weight excluding hydrogens is 477 g/mol. The Balaban J connectivity index is 1.83. The van der Waals surface area contributed by atoms with Crippen molar-refractivity contribution in [1.29, 1.82) is 0 Å². The van der Waals surface area contributed by atoms with Crippen LogP contribution in [0.3, 0.4) is 0 Å². The number of anilines is 1. The van der Waals surface area contributed by atoms with Gasteiger partial charge in [0.15, 0.2) is 22.8 Å². The highest BCUT2D eigenvalue weighted by Crippen LogP contribution is 2.41. The number of hydrogen-bond donors (Lipinski definition) is 1. The molecule has 34 heavy (non-hydrogen) atoms. The van der Waals surface area contributed by atoms with Gasteiger partial charge in [0.05, 0.1) is 17.3 Å².